The van der Waals surface area contributed by atoms with Gasteiger partial charge >= 0.3 is 5.97 Å². The fourth-order valence-electron chi connectivity index (χ4n) is 5.30. The van der Waals surface area contributed by atoms with Crippen LogP contribution in [-0.4, -0.2) is 50.7 Å². The lowest BCUT2D eigenvalue weighted by Gasteiger charge is -2.38. The molecule has 0 saturated carbocycles. The van der Waals surface area contributed by atoms with Gasteiger partial charge in [0.05, 0.1) is 16.0 Å². The Morgan fingerprint density at radius 2 is 1.88 bits per heavy atom. The van der Waals surface area contributed by atoms with Crippen LogP contribution >= 0.6 is 15.9 Å². The van der Waals surface area contributed by atoms with E-state index in [0.717, 1.165) is 70.3 Å². The van der Waals surface area contributed by atoms with E-state index in [0.29, 0.717) is 36.8 Å². The van der Waals surface area contributed by atoms with E-state index in [1.165, 1.54) is 5.56 Å². The minimum absolute atomic E-state index is 0.0205. The minimum atomic E-state index is -3.23. The lowest BCUT2D eigenvalue weighted by atomic mass is 9.87. The maximum atomic E-state index is 12.1. The SMILES string of the molecule is Cc1c(C)c2c(c(C)c1OCCCCCCC(=O)O)CCC(C)(COc1ccc(/C=C3\CNCS3(=O)=O)cc1Br)O2. The standard InChI is InChI=1S/C31H40BrNO7S/c1-20-21(2)30-25(22(3)29(20)38-14-8-6-5-7-9-28(34)35)12-13-31(4,40-30)18-39-27-11-10-23(16-26(27)32)15-24-17-33-19-41(24,36)37/h10-11,15-16,33H,5-9,12-14,17-19H2,1-4H3,(H,34,35)/b24-15+. The highest BCUT2D eigenvalue weighted by Gasteiger charge is 2.36. The fraction of sp³-hybridized carbons (Fsp3) is 0.516. The van der Waals surface area contributed by atoms with Crippen molar-refractivity contribution in [1.29, 1.82) is 0 Å². The van der Waals surface area contributed by atoms with Crippen LogP contribution in [-0.2, 0) is 21.1 Å². The molecular formula is C31H40BrNO7S. The normalized spacial score (nSPS) is 20.5. The van der Waals surface area contributed by atoms with Gasteiger partial charge in [-0.3, -0.25) is 10.1 Å². The lowest BCUT2D eigenvalue weighted by Crippen LogP contribution is -2.42. The summed E-state index contributed by atoms with van der Waals surface area (Å²) in [7, 11) is -3.23. The van der Waals surface area contributed by atoms with E-state index in [1.54, 1.807) is 6.08 Å². The molecule has 1 fully saturated rings. The van der Waals surface area contributed by atoms with Crippen LogP contribution in [0.1, 0.15) is 73.3 Å². The van der Waals surface area contributed by atoms with Crippen LogP contribution in [0.4, 0.5) is 0 Å². The molecule has 0 bridgehead atoms. The van der Waals surface area contributed by atoms with Gasteiger partial charge < -0.3 is 19.3 Å². The zero-order valence-corrected chi connectivity index (χ0v) is 26.7. The van der Waals surface area contributed by atoms with Crippen molar-refractivity contribution < 1.29 is 32.5 Å². The Labute approximate surface area is 251 Å². The topological polar surface area (TPSA) is 111 Å². The third-order valence-electron chi connectivity index (χ3n) is 7.90. The Hall–Kier alpha value is -2.56. The van der Waals surface area contributed by atoms with Crippen LogP contribution in [0.5, 0.6) is 17.2 Å². The molecule has 1 unspecified atom stereocenters. The van der Waals surface area contributed by atoms with Crippen molar-refractivity contribution >= 4 is 37.8 Å². The van der Waals surface area contributed by atoms with Crippen molar-refractivity contribution in [1.82, 2.24) is 5.32 Å². The number of ether oxygens (including phenoxy) is 3. The Bertz CT molecular complexity index is 1440. The van der Waals surface area contributed by atoms with E-state index in [1.807, 2.05) is 18.2 Å². The number of aliphatic carboxylic acids is 1. The summed E-state index contributed by atoms with van der Waals surface area (Å²) in [6.45, 7) is 9.62. The van der Waals surface area contributed by atoms with Gasteiger partial charge in [0, 0.05) is 18.5 Å². The average Bonchev–Trinajstić information content (AvgIpc) is 3.25. The molecule has 2 aromatic rings. The quantitative estimate of drug-likeness (QED) is 0.259. The van der Waals surface area contributed by atoms with Crippen LogP contribution < -0.4 is 19.5 Å². The highest BCUT2D eigenvalue weighted by atomic mass is 79.9. The van der Waals surface area contributed by atoms with E-state index in [2.05, 4.69) is 48.9 Å². The molecule has 224 valence electrons. The zero-order valence-electron chi connectivity index (χ0n) is 24.3. The zero-order chi connectivity index (χ0) is 29.8. The molecule has 0 aromatic heterocycles. The summed E-state index contributed by atoms with van der Waals surface area (Å²) in [5.74, 6) is 1.75. The van der Waals surface area contributed by atoms with Gasteiger partial charge in [0.25, 0.3) is 0 Å². The number of hydrogen-bond donors (Lipinski definition) is 2. The van der Waals surface area contributed by atoms with Gasteiger partial charge in [-0.2, -0.15) is 0 Å². The molecule has 1 saturated heterocycles. The Morgan fingerprint density at radius 3 is 2.56 bits per heavy atom. The number of carboxylic acids is 1. The molecule has 0 spiro atoms. The molecular weight excluding hydrogens is 610 g/mol. The van der Waals surface area contributed by atoms with Crippen molar-refractivity contribution in [2.24, 2.45) is 0 Å². The first kappa shape index (κ1) is 31.4. The number of nitrogens with one attached hydrogen (secondary N) is 1. The lowest BCUT2D eigenvalue weighted by molar-refractivity contribution is -0.137. The van der Waals surface area contributed by atoms with Crippen molar-refractivity contribution in [3.05, 3.63) is 55.4 Å². The number of fused-ring (bicyclic) bond motifs is 1. The number of carboxylic acid groups (broad SMARTS) is 1. The number of hydrogen-bond acceptors (Lipinski definition) is 7. The van der Waals surface area contributed by atoms with Gasteiger partial charge in [-0.15, -0.1) is 0 Å². The number of unbranched alkanes of at least 4 members (excludes halogenated alkanes) is 3. The fourth-order valence-corrected chi connectivity index (χ4v) is 7.00. The second-order valence-corrected chi connectivity index (χ2v) is 14.1. The van der Waals surface area contributed by atoms with Gasteiger partial charge in [0.2, 0.25) is 0 Å². The summed E-state index contributed by atoms with van der Waals surface area (Å²) in [6, 6.07) is 5.57. The first-order valence-electron chi connectivity index (χ1n) is 14.1. The minimum Gasteiger partial charge on any atom is -0.493 e. The van der Waals surface area contributed by atoms with Crippen molar-refractivity contribution in [3.63, 3.8) is 0 Å². The molecule has 1 atom stereocenters. The molecule has 2 N–H and O–H groups in total. The van der Waals surface area contributed by atoms with E-state index >= 15 is 0 Å². The molecule has 2 aliphatic heterocycles. The summed E-state index contributed by atoms with van der Waals surface area (Å²) in [6.07, 6.45) is 7.00. The van der Waals surface area contributed by atoms with Gasteiger partial charge in [0.1, 0.15) is 35.3 Å². The van der Waals surface area contributed by atoms with Crippen LogP contribution in [0.15, 0.2) is 27.6 Å². The Kier molecular flexibility index (Phi) is 10.1. The molecule has 2 aromatic carbocycles. The predicted octanol–water partition coefficient (Wildman–Crippen LogP) is 6.27. The van der Waals surface area contributed by atoms with E-state index in [-0.39, 0.29) is 12.3 Å². The first-order valence-corrected chi connectivity index (χ1v) is 16.6. The average molecular weight is 651 g/mol. The van der Waals surface area contributed by atoms with Gasteiger partial charge in [-0.25, -0.2) is 8.42 Å². The Balaban J connectivity index is 1.38. The molecule has 41 heavy (non-hydrogen) atoms. The number of halogens is 1. The smallest absolute Gasteiger partial charge is 0.303 e. The van der Waals surface area contributed by atoms with E-state index in [9.17, 15) is 13.2 Å². The van der Waals surface area contributed by atoms with Crippen LogP contribution in [0.3, 0.4) is 0 Å². The second kappa shape index (κ2) is 13.2. The summed E-state index contributed by atoms with van der Waals surface area (Å²) < 4.78 is 44.0. The van der Waals surface area contributed by atoms with E-state index in [4.69, 9.17) is 19.3 Å². The highest BCUT2D eigenvalue weighted by Crippen LogP contribution is 2.44. The van der Waals surface area contributed by atoms with Crippen molar-refractivity contribution in [3.8, 4) is 17.2 Å². The monoisotopic (exact) mass is 649 g/mol. The molecule has 0 aliphatic carbocycles. The molecule has 0 amide bonds. The molecule has 4 rings (SSSR count). The number of sulfone groups is 1. The summed E-state index contributed by atoms with van der Waals surface area (Å²) in [4.78, 5) is 11.1. The molecule has 8 nitrogen and oxygen atoms in total. The predicted molar refractivity (Wildman–Crippen MR) is 164 cm³/mol. The third-order valence-corrected chi connectivity index (χ3v) is 10.2. The molecule has 2 aliphatic rings. The maximum absolute atomic E-state index is 12.1. The number of carbonyl (C=O) groups is 1. The van der Waals surface area contributed by atoms with Gasteiger partial charge in [-0.1, -0.05) is 18.9 Å². The van der Waals surface area contributed by atoms with Crippen LogP contribution in [0.2, 0.25) is 0 Å². The maximum Gasteiger partial charge on any atom is 0.303 e. The summed E-state index contributed by atoms with van der Waals surface area (Å²) >= 11 is 3.58. The molecule has 0 radical (unpaired) electrons. The van der Waals surface area contributed by atoms with Crippen LogP contribution in [0, 0.1) is 20.8 Å². The van der Waals surface area contributed by atoms with Gasteiger partial charge in [-0.05, 0) is 110 Å². The third kappa shape index (κ3) is 7.64. The highest BCUT2D eigenvalue weighted by molar-refractivity contribution is 9.10. The summed E-state index contributed by atoms with van der Waals surface area (Å²) in [5.41, 5.74) is 4.71. The van der Waals surface area contributed by atoms with E-state index < -0.39 is 21.4 Å². The largest absolute Gasteiger partial charge is 0.493 e. The first-order chi connectivity index (χ1) is 19.4. The number of benzene rings is 2. The van der Waals surface area contributed by atoms with Crippen LogP contribution in [0.25, 0.3) is 6.08 Å². The molecule has 2 heterocycles. The van der Waals surface area contributed by atoms with Crippen molar-refractivity contribution in [2.45, 2.75) is 78.2 Å². The van der Waals surface area contributed by atoms with Crippen molar-refractivity contribution in [2.75, 3.05) is 25.6 Å². The molecule has 10 heteroatoms. The summed E-state index contributed by atoms with van der Waals surface area (Å²) in [5, 5.41) is 11.7. The Morgan fingerprint density at radius 1 is 1.12 bits per heavy atom. The second-order valence-electron chi connectivity index (χ2n) is 11.2. The number of rotatable bonds is 12. The van der Waals surface area contributed by atoms with Gasteiger partial charge in [0.15, 0.2) is 9.84 Å².